The van der Waals surface area contributed by atoms with E-state index < -0.39 is 27.7 Å². The van der Waals surface area contributed by atoms with Gasteiger partial charge in [-0.3, -0.25) is 9.59 Å². The third-order valence-corrected chi connectivity index (χ3v) is 5.94. The molecule has 1 fully saturated rings. The number of nitrogens with one attached hydrogen (secondary N) is 1. The first kappa shape index (κ1) is 19.8. The zero-order chi connectivity index (χ0) is 19.5. The van der Waals surface area contributed by atoms with E-state index in [-0.39, 0.29) is 17.2 Å². The molecule has 0 bridgehead atoms. The Morgan fingerprint density at radius 1 is 1.12 bits per heavy atom. The summed E-state index contributed by atoms with van der Waals surface area (Å²) in [5, 5.41) is 2.47. The monoisotopic (exact) mass is 386 g/mol. The number of likely N-dealkylation sites (N-methyl/N-ethyl adjacent to an activating group) is 1. The molecular weight excluding hydrogens is 364 g/mol. The Kier molecular flexibility index (Phi) is 5.96. The van der Waals surface area contributed by atoms with Crippen LogP contribution in [0.4, 0.5) is 5.69 Å². The molecule has 1 aromatic carbocycles. The quantitative estimate of drug-likeness (QED) is 0.724. The lowest BCUT2D eigenvalue weighted by atomic mass is 10.2. The summed E-state index contributed by atoms with van der Waals surface area (Å²) in [7, 11) is 2.58. The minimum absolute atomic E-state index is 0.0176. The molecule has 1 saturated heterocycles. The maximum absolute atomic E-state index is 12.3. The van der Waals surface area contributed by atoms with Crippen LogP contribution in [0.25, 0.3) is 0 Å². The van der Waals surface area contributed by atoms with Crippen LogP contribution in [0.5, 0.6) is 17.2 Å². The van der Waals surface area contributed by atoms with Crippen molar-refractivity contribution >= 4 is 27.3 Å². The van der Waals surface area contributed by atoms with Crippen LogP contribution >= 0.6 is 0 Å². The fraction of sp³-hybridized carbons (Fsp3) is 0.500. The number of sulfone groups is 1. The van der Waals surface area contributed by atoms with Gasteiger partial charge in [0, 0.05) is 30.9 Å². The molecule has 2 amide bonds. The van der Waals surface area contributed by atoms with Crippen LogP contribution in [0.1, 0.15) is 6.42 Å². The number of nitrogens with zero attached hydrogens (tertiary/aromatic N) is 1. The standard InChI is InChI=1S/C16H22N2O7S/c1-18(11-5-6-26(21,22)9-11)16(20)15(19)17-10-7-12(23-2)14(25-4)13(8-10)24-3/h7-8,11H,5-6,9H2,1-4H3,(H,17,19). The highest BCUT2D eigenvalue weighted by molar-refractivity contribution is 7.91. The molecular formula is C16H22N2O7S. The van der Waals surface area contributed by atoms with Gasteiger partial charge in [-0.15, -0.1) is 0 Å². The average molecular weight is 386 g/mol. The summed E-state index contributed by atoms with van der Waals surface area (Å²) in [5.41, 5.74) is 0.283. The number of rotatable bonds is 5. The largest absolute Gasteiger partial charge is 0.493 e. The first-order chi connectivity index (χ1) is 12.2. The molecule has 9 nitrogen and oxygen atoms in total. The van der Waals surface area contributed by atoms with Gasteiger partial charge in [0.25, 0.3) is 0 Å². The van der Waals surface area contributed by atoms with Gasteiger partial charge in [0.2, 0.25) is 5.75 Å². The number of amides is 2. The highest BCUT2D eigenvalue weighted by Gasteiger charge is 2.34. The van der Waals surface area contributed by atoms with Crippen molar-refractivity contribution in [1.29, 1.82) is 0 Å². The molecule has 26 heavy (non-hydrogen) atoms. The number of hydrogen-bond acceptors (Lipinski definition) is 7. The second kappa shape index (κ2) is 7.81. The first-order valence-electron chi connectivity index (χ1n) is 7.81. The van der Waals surface area contributed by atoms with Crippen molar-refractivity contribution in [1.82, 2.24) is 4.90 Å². The molecule has 144 valence electrons. The zero-order valence-corrected chi connectivity index (χ0v) is 15.9. The minimum atomic E-state index is -3.16. The molecule has 1 atom stereocenters. The summed E-state index contributed by atoms with van der Waals surface area (Å²) < 4.78 is 38.7. The SMILES string of the molecule is COc1cc(NC(=O)C(=O)N(C)C2CCS(=O)(=O)C2)cc(OC)c1OC. The van der Waals surface area contributed by atoms with Gasteiger partial charge in [-0.1, -0.05) is 0 Å². The van der Waals surface area contributed by atoms with E-state index in [1.165, 1.54) is 40.5 Å². The lowest BCUT2D eigenvalue weighted by Crippen LogP contribution is -2.43. The molecule has 1 N–H and O–H groups in total. The zero-order valence-electron chi connectivity index (χ0n) is 15.1. The average Bonchev–Trinajstić information content (AvgIpc) is 2.99. The molecule has 2 rings (SSSR count). The van der Waals surface area contributed by atoms with Gasteiger partial charge < -0.3 is 24.4 Å². The molecule has 10 heteroatoms. The van der Waals surface area contributed by atoms with E-state index in [2.05, 4.69) is 5.32 Å². The molecule has 0 radical (unpaired) electrons. The summed E-state index contributed by atoms with van der Waals surface area (Å²) in [6, 6.07) is 2.48. The van der Waals surface area contributed by atoms with Gasteiger partial charge in [0.05, 0.1) is 32.8 Å². The highest BCUT2D eigenvalue weighted by atomic mass is 32.2. The number of anilines is 1. The highest BCUT2D eigenvalue weighted by Crippen LogP contribution is 2.39. The maximum Gasteiger partial charge on any atom is 0.313 e. The van der Waals surface area contributed by atoms with Crippen LogP contribution in [-0.2, 0) is 19.4 Å². The molecule has 1 aliphatic heterocycles. The molecule has 1 aliphatic rings. The molecule has 0 aliphatic carbocycles. The van der Waals surface area contributed by atoms with Crippen LogP contribution in [0.2, 0.25) is 0 Å². The van der Waals surface area contributed by atoms with E-state index in [9.17, 15) is 18.0 Å². The van der Waals surface area contributed by atoms with Crippen LogP contribution in [0, 0.1) is 0 Å². The van der Waals surface area contributed by atoms with Crippen LogP contribution in [0.15, 0.2) is 12.1 Å². The number of methoxy groups -OCH3 is 3. The third kappa shape index (κ3) is 4.18. The Bertz CT molecular complexity index is 782. The predicted molar refractivity (Wildman–Crippen MR) is 94.6 cm³/mol. The molecule has 1 aromatic rings. The Hall–Kier alpha value is -2.49. The summed E-state index contributed by atoms with van der Waals surface area (Å²) in [5.74, 6) is -0.814. The fourth-order valence-corrected chi connectivity index (χ4v) is 4.52. The maximum atomic E-state index is 12.3. The summed E-state index contributed by atoms with van der Waals surface area (Å²) in [4.78, 5) is 25.7. The molecule has 0 spiro atoms. The Morgan fingerprint density at radius 3 is 2.12 bits per heavy atom. The van der Waals surface area contributed by atoms with Crippen molar-refractivity contribution in [3.8, 4) is 17.2 Å². The number of carbonyl (C=O) groups excluding carboxylic acids is 2. The van der Waals surface area contributed by atoms with Gasteiger partial charge in [-0.2, -0.15) is 0 Å². The number of benzene rings is 1. The van der Waals surface area contributed by atoms with Crippen molar-refractivity contribution < 1.29 is 32.2 Å². The lowest BCUT2D eigenvalue weighted by Gasteiger charge is -2.22. The van der Waals surface area contributed by atoms with E-state index in [1.807, 2.05) is 0 Å². The Labute approximate surface area is 152 Å². The van der Waals surface area contributed by atoms with Crippen LogP contribution < -0.4 is 19.5 Å². The van der Waals surface area contributed by atoms with Gasteiger partial charge >= 0.3 is 11.8 Å². The van der Waals surface area contributed by atoms with E-state index >= 15 is 0 Å². The Morgan fingerprint density at radius 2 is 1.69 bits per heavy atom. The molecule has 0 aromatic heterocycles. The van der Waals surface area contributed by atoms with Crippen LogP contribution in [0.3, 0.4) is 0 Å². The summed E-state index contributed by atoms with van der Waals surface area (Å²) >= 11 is 0. The molecule has 1 unspecified atom stereocenters. The van der Waals surface area contributed by atoms with Gasteiger partial charge in [-0.05, 0) is 6.42 Å². The normalized spacial score (nSPS) is 18.1. The Balaban J connectivity index is 2.15. The number of carbonyl (C=O) groups is 2. The third-order valence-electron chi connectivity index (χ3n) is 4.19. The van der Waals surface area contributed by atoms with Crippen molar-refractivity contribution in [3.63, 3.8) is 0 Å². The minimum Gasteiger partial charge on any atom is -0.493 e. The van der Waals surface area contributed by atoms with E-state index in [4.69, 9.17) is 14.2 Å². The second-order valence-electron chi connectivity index (χ2n) is 5.84. The van der Waals surface area contributed by atoms with E-state index in [0.717, 1.165) is 4.90 Å². The van der Waals surface area contributed by atoms with Crippen molar-refractivity contribution in [3.05, 3.63) is 12.1 Å². The van der Waals surface area contributed by atoms with Crippen molar-refractivity contribution in [2.45, 2.75) is 12.5 Å². The fourth-order valence-electron chi connectivity index (χ4n) is 2.74. The van der Waals surface area contributed by atoms with Crippen molar-refractivity contribution in [2.24, 2.45) is 0 Å². The van der Waals surface area contributed by atoms with Gasteiger partial charge in [0.15, 0.2) is 21.3 Å². The molecule has 1 heterocycles. The second-order valence-corrected chi connectivity index (χ2v) is 8.07. The smallest absolute Gasteiger partial charge is 0.313 e. The predicted octanol–water partition coefficient (Wildman–Crippen LogP) is 0.296. The summed E-state index contributed by atoms with van der Waals surface area (Å²) in [6.07, 6.45) is 0.321. The molecule has 0 saturated carbocycles. The topological polar surface area (TPSA) is 111 Å². The van der Waals surface area contributed by atoms with Crippen molar-refractivity contribution in [2.75, 3.05) is 45.2 Å². The van der Waals surface area contributed by atoms with Gasteiger partial charge in [-0.25, -0.2) is 8.42 Å². The number of hydrogen-bond donors (Lipinski definition) is 1. The van der Waals surface area contributed by atoms with Gasteiger partial charge in [0.1, 0.15) is 0 Å². The van der Waals surface area contributed by atoms with E-state index in [1.54, 1.807) is 0 Å². The number of ether oxygens (including phenoxy) is 3. The summed E-state index contributed by atoms with van der Waals surface area (Å²) in [6.45, 7) is 0. The van der Waals surface area contributed by atoms with Crippen LogP contribution in [-0.4, -0.2) is 71.1 Å². The first-order valence-corrected chi connectivity index (χ1v) is 9.63. The van der Waals surface area contributed by atoms with E-state index in [0.29, 0.717) is 23.7 Å². The lowest BCUT2D eigenvalue weighted by molar-refractivity contribution is -0.143.